The van der Waals surface area contributed by atoms with Crippen LogP contribution >= 0.6 is 11.6 Å². The SMILES string of the molecule is O=C(Cc1ccccc1)NCCC(=O)N1CCN(C(=O)c2ccc(F)cc2Cl)CC1. The van der Waals surface area contributed by atoms with Crippen LogP contribution < -0.4 is 5.32 Å². The van der Waals surface area contributed by atoms with Crippen LogP contribution in [0.4, 0.5) is 4.39 Å². The number of hydrogen-bond acceptors (Lipinski definition) is 3. The van der Waals surface area contributed by atoms with Gasteiger partial charge in [0.25, 0.3) is 5.91 Å². The number of rotatable bonds is 6. The highest BCUT2D eigenvalue weighted by atomic mass is 35.5. The molecular weight excluding hydrogens is 409 g/mol. The highest BCUT2D eigenvalue weighted by molar-refractivity contribution is 6.33. The van der Waals surface area contributed by atoms with E-state index >= 15 is 0 Å². The molecule has 30 heavy (non-hydrogen) atoms. The lowest BCUT2D eigenvalue weighted by molar-refractivity contribution is -0.132. The third kappa shape index (κ3) is 5.79. The summed E-state index contributed by atoms with van der Waals surface area (Å²) in [5, 5.41) is 2.84. The lowest BCUT2D eigenvalue weighted by Gasteiger charge is -2.35. The molecule has 1 fully saturated rings. The Morgan fingerprint density at radius 1 is 0.967 bits per heavy atom. The highest BCUT2D eigenvalue weighted by Crippen LogP contribution is 2.20. The number of nitrogens with one attached hydrogen (secondary N) is 1. The molecule has 0 atom stereocenters. The summed E-state index contributed by atoms with van der Waals surface area (Å²) in [5.41, 5.74) is 1.17. The molecule has 0 spiro atoms. The Labute approximate surface area is 179 Å². The predicted octanol–water partition coefficient (Wildman–Crippen LogP) is 2.51. The quantitative estimate of drug-likeness (QED) is 0.764. The summed E-state index contributed by atoms with van der Waals surface area (Å²) in [7, 11) is 0. The van der Waals surface area contributed by atoms with E-state index in [1.807, 2.05) is 30.3 Å². The summed E-state index contributed by atoms with van der Waals surface area (Å²) in [4.78, 5) is 40.2. The molecule has 8 heteroatoms. The maximum atomic E-state index is 13.2. The van der Waals surface area contributed by atoms with Crippen molar-refractivity contribution in [1.82, 2.24) is 15.1 Å². The van der Waals surface area contributed by atoms with E-state index < -0.39 is 5.82 Å². The Balaban J connectivity index is 1.40. The molecule has 3 rings (SSSR count). The summed E-state index contributed by atoms with van der Waals surface area (Å²) < 4.78 is 13.2. The first-order valence-corrected chi connectivity index (χ1v) is 10.1. The summed E-state index contributed by atoms with van der Waals surface area (Å²) in [6.07, 6.45) is 0.486. The minimum absolute atomic E-state index is 0.0677. The molecule has 0 unspecified atom stereocenters. The fourth-order valence-electron chi connectivity index (χ4n) is 3.30. The molecule has 0 bridgehead atoms. The zero-order chi connectivity index (χ0) is 21.5. The molecule has 158 valence electrons. The van der Waals surface area contributed by atoms with E-state index in [9.17, 15) is 18.8 Å². The average molecular weight is 432 g/mol. The maximum Gasteiger partial charge on any atom is 0.255 e. The monoisotopic (exact) mass is 431 g/mol. The van der Waals surface area contributed by atoms with Gasteiger partial charge in [-0.3, -0.25) is 14.4 Å². The van der Waals surface area contributed by atoms with Crippen LogP contribution in [0.3, 0.4) is 0 Å². The Morgan fingerprint density at radius 2 is 1.63 bits per heavy atom. The lowest BCUT2D eigenvalue weighted by atomic mass is 10.1. The number of carbonyl (C=O) groups excluding carboxylic acids is 3. The van der Waals surface area contributed by atoms with Gasteiger partial charge in [0.05, 0.1) is 17.0 Å². The average Bonchev–Trinajstić information content (AvgIpc) is 2.74. The number of benzene rings is 2. The van der Waals surface area contributed by atoms with Crippen molar-refractivity contribution in [2.24, 2.45) is 0 Å². The largest absolute Gasteiger partial charge is 0.355 e. The molecule has 1 heterocycles. The minimum Gasteiger partial charge on any atom is -0.355 e. The number of hydrogen-bond donors (Lipinski definition) is 1. The standard InChI is InChI=1S/C22H23ClFN3O3/c23-19-15-17(24)6-7-18(19)22(30)27-12-10-26(11-13-27)21(29)8-9-25-20(28)14-16-4-2-1-3-5-16/h1-7,15H,8-14H2,(H,25,28). The fraction of sp³-hybridized carbons (Fsp3) is 0.318. The van der Waals surface area contributed by atoms with Crippen LogP contribution in [-0.4, -0.2) is 60.2 Å². The normalized spacial score (nSPS) is 13.8. The number of nitrogens with zero attached hydrogens (tertiary/aromatic N) is 2. The molecular formula is C22H23ClFN3O3. The summed E-state index contributed by atoms with van der Waals surface area (Å²) in [6, 6.07) is 13.1. The smallest absolute Gasteiger partial charge is 0.255 e. The highest BCUT2D eigenvalue weighted by Gasteiger charge is 2.25. The third-order valence-corrected chi connectivity index (χ3v) is 5.26. The van der Waals surface area contributed by atoms with Crippen molar-refractivity contribution in [1.29, 1.82) is 0 Å². The summed E-state index contributed by atoms with van der Waals surface area (Å²) in [5.74, 6) is -0.967. The molecule has 0 aliphatic carbocycles. The first-order chi connectivity index (χ1) is 14.4. The third-order valence-electron chi connectivity index (χ3n) is 4.95. The van der Waals surface area contributed by atoms with Gasteiger partial charge in [-0.1, -0.05) is 41.9 Å². The van der Waals surface area contributed by atoms with Gasteiger partial charge < -0.3 is 15.1 Å². The fourth-order valence-corrected chi connectivity index (χ4v) is 3.55. The second-order valence-electron chi connectivity index (χ2n) is 7.06. The van der Waals surface area contributed by atoms with Crippen molar-refractivity contribution in [3.63, 3.8) is 0 Å². The van der Waals surface area contributed by atoms with Gasteiger partial charge in [-0.05, 0) is 23.8 Å². The maximum absolute atomic E-state index is 13.2. The van der Waals surface area contributed by atoms with Gasteiger partial charge in [0.1, 0.15) is 5.82 Å². The van der Waals surface area contributed by atoms with E-state index in [4.69, 9.17) is 11.6 Å². The van der Waals surface area contributed by atoms with Crippen LogP contribution in [0, 0.1) is 5.82 Å². The van der Waals surface area contributed by atoms with E-state index in [1.54, 1.807) is 9.80 Å². The molecule has 0 saturated carbocycles. The van der Waals surface area contributed by atoms with Crippen LogP contribution in [0.5, 0.6) is 0 Å². The molecule has 2 aromatic rings. The van der Waals surface area contributed by atoms with Crippen LogP contribution in [-0.2, 0) is 16.0 Å². The van der Waals surface area contributed by atoms with Crippen molar-refractivity contribution < 1.29 is 18.8 Å². The molecule has 0 radical (unpaired) electrons. The van der Waals surface area contributed by atoms with Crippen LogP contribution in [0.15, 0.2) is 48.5 Å². The van der Waals surface area contributed by atoms with Crippen molar-refractivity contribution in [2.45, 2.75) is 12.8 Å². The molecule has 1 N–H and O–H groups in total. The zero-order valence-electron chi connectivity index (χ0n) is 16.4. The number of amides is 3. The molecule has 2 aromatic carbocycles. The molecule has 3 amide bonds. The van der Waals surface area contributed by atoms with Gasteiger partial charge >= 0.3 is 0 Å². The molecule has 1 saturated heterocycles. The Kier molecular flexibility index (Phi) is 7.41. The molecule has 0 aromatic heterocycles. The van der Waals surface area contributed by atoms with E-state index in [1.165, 1.54) is 12.1 Å². The predicted molar refractivity (Wildman–Crippen MR) is 112 cm³/mol. The van der Waals surface area contributed by atoms with E-state index in [0.29, 0.717) is 26.2 Å². The Hall–Kier alpha value is -2.93. The second-order valence-corrected chi connectivity index (χ2v) is 7.47. The van der Waals surface area contributed by atoms with Gasteiger partial charge in [0.2, 0.25) is 11.8 Å². The van der Waals surface area contributed by atoms with Gasteiger partial charge in [0.15, 0.2) is 0 Å². The summed E-state index contributed by atoms with van der Waals surface area (Å²) >= 11 is 5.97. The Morgan fingerprint density at radius 3 is 2.30 bits per heavy atom. The summed E-state index contributed by atoms with van der Waals surface area (Å²) in [6.45, 7) is 1.83. The number of piperazine rings is 1. The minimum atomic E-state index is -0.497. The van der Waals surface area contributed by atoms with E-state index in [2.05, 4.69) is 5.32 Å². The molecule has 1 aliphatic rings. The molecule has 1 aliphatic heterocycles. The second kappa shape index (κ2) is 10.2. The van der Waals surface area contributed by atoms with Crippen molar-refractivity contribution in [3.8, 4) is 0 Å². The van der Waals surface area contributed by atoms with E-state index in [0.717, 1.165) is 11.6 Å². The van der Waals surface area contributed by atoms with Crippen molar-refractivity contribution >= 4 is 29.3 Å². The topological polar surface area (TPSA) is 69.7 Å². The van der Waals surface area contributed by atoms with Gasteiger partial charge in [0, 0.05) is 39.1 Å². The molecule has 6 nitrogen and oxygen atoms in total. The first-order valence-electron chi connectivity index (χ1n) is 9.77. The van der Waals surface area contributed by atoms with Gasteiger partial charge in [-0.15, -0.1) is 0 Å². The van der Waals surface area contributed by atoms with Crippen molar-refractivity contribution in [2.75, 3.05) is 32.7 Å². The van der Waals surface area contributed by atoms with Crippen LogP contribution in [0.1, 0.15) is 22.3 Å². The van der Waals surface area contributed by atoms with Crippen molar-refractivity contribution in [3.05, 3.63) is 70.5 Å². The zero-order valence-corrected chi connectivity index (χ0v) is 17.2. The number of halogens is 2. The first kappa shape index (κ1) is 21.8. The van der Waals surface area contributed by atoms with Crippen LogP contribution in [0.2, 0.25) is 5.02 Å². The van der Waals surface area contributed by atoms with Gasteiger partial charge in [-0.2, -0.15) is 0 Å². The lowest BCUT2D eigenvalue weighted by Crippen LogP contribution is -2.51. The van der Waals surface area contributed by atoms with Crippen LogP contribution in [0.25, 0.3) is 0 Å². The van der Waals surface area contributed by atoms with Gasteiger partial charge in [-0.25, -0.2) is 4.39 Å². The Bertz CT molecular complexity index is 915. The number of carbonyl (C=O) groups is 3. The van der Waals surface area contributed by atoms with E-state index in [-0.39, 0.29) is 47.7 Å².